The number of carbonyl (C=O) groups is 1. The van der Waals surface area contributed by atoms with Crippen molar-refractivity contribution in [1.82, 2.24) is 4.90 Å². The number of amides is 1. The second-order valence-electron chi connectivity index (χ2n) is 7.46. The van der Waals surface area contributed by atoms with Crippen LogP contribution in [0.4, 0.5) is 0 Å². The molecule has 0 spiro atoms. The maximum atomic E-state index is 13.4. The number of hydrogen-bond donors (Lipinski definition) is 0. The Morgan fingerprint density at radius 1 is 1.13 bits per heavy atom. The van der Waals surface area contributed by atoms with E-state index in [1.807, 2.05) is 43.3 Å². The van der Waals surface area contributed by atoms with E-state index in [1.54, 1.807) is 17.0 Å². The zero-order chi connectivity index (χ0) is 21.1. The average molecular weight is 432 g/mol. The molecular formula is C22H25NO6S. The van der Waals surface area contributed by atoms with Gasteiger partial charge < -0.3 is 19.1 Å². The van der Waals surface area contributed by atoms with E-state index in [0.717, 1.165) is 11.3 Å². The largest absolute Gasteiger partial charge is 0.494 e. The highest BCUT2D eigenvalue weighted by atomic mass is 32.2. The van der Waals surface area contributed by atoms with Crippen molar-refractivity contribution >= 4 is 15.7 Å². The van der Waals surface area contributed by atoms with Crippen molar-refractivity contribution in [3.8, 4) is 17.2 Å². The van der Waals surface area contributed by atoms with Gasteiger partial charge in [0.1, 0.15) is 12.4 Å². The summed E-state index contributed by atoms with van der Waals surface area (Å²) < 4.78 is 41.2. The van der Waals surface area contributed by atoms with Crippen LogP contribution in [0.15, 0.2) is 48.5 Å². The predicted molar refractivity (Wildman–Crippen MR) is 112 cm³/mol. The molecule has 1 amide bonds. The van der Waals surface area contributed by atoms with Gasteiger partial charge in [0.15, 0.2) is 21.3 Å². The number of carbonyl (C=O) groups excluding carboxylic acids is 1. The van der Waals surface area contributed by atoms with Gasteiger partial charge in [-0.3, -0.25) is 4.79 Å². The smallest absolute Gasteiger partial charge is 0.267 e. The molecule has 2 aliphatic rings. The fourth-order valence-electron chi connectivity index (χ4n) is 3.79. The van der Waals surface area contributed by atoms with Crippen LogP contribution in [0.3, 0.4) is 0 Å². The fourth-order valence-corrected chi connectivity index (χ4v) is 5.52. The number of ether oxygens (including phenoxy) is 3. The summed E-state index contributed by atoms with van der Waals surface area (Å²) in [6.07, 6.45) is -0.388. The van der Waals surface area contributed by atoms with Gasteiger partial charge in [-0.2, -0.15) is 0 Å². The highest BCUT2D eigenvalue weighted by Crippen LogP contribution is 2.32. The molecule has 1 saturated heterocycles. The minimum atomic E-state index is -3.15. The summed E-state index contributed by atoms with van der Waals surface area (Å²) in [5, 5.41) is 0. The van der Waals surface area contributed by atoms with Gasteiger partial charge in [0, 0.05) is 12.6 Å². The normalized spacial score (nSPS) is 21.8. The van der Waals surface area contributed by atoms with Crippen molar-refractivity contribution in [2.75, 3.05) is 24.7 Å². The zero-order valence-electron chi connectivity index (χ0n) is 16.8. The Morgan fingerprint density at radius 3 is 2.53 bits per heavy atom. The number of sulfone groups is 1. The third kappa shape index (κ3) is 4.53. The van der Waals surface area contributed by atoms with Gasteiger partial charge in [0.2, 0.25) is 6.10 Å². The minimum absolute atomic E-state index is 0.0278. The van der Waals surface area contributed by atoms with Gasteiger partial charge in [0.25, 0.3) is 5.91 Å². The lowest BCUT2D eigenvalue weighted by atomic mass is 10.1. The molecule has 1 fully saturated rings. The van der Waals surface area contributed by atoms with Crippen molar-refractivity contribution < 1.29 is 27.4 Å². The second-order valence-corrected chi connectivity index (χ2v) is 9.69. The van der Waals surface area contributed by atoms with Gasteiger partial charge in [-0.25, -0.2) is 8.42 Å². The van der Waals surface area contributed by atoms with Crippen LogP contribution in [0.2, 0.25) is 0 Å². The summed E-state index contributed by atoms with van der Waals surface area (Å²) >= 11 is 0. The highest BCUT2D eigenvalue weighted by Gasteiger charge is 2.39. The maximum Gasteiger partial charge on any atom is 0.267 e. The highest BCUT2D eigenvalue weighted by molar-refractivity contribution is 7.91. The van der Waals surface area contributed by atoms with Crippen LogP contribution in [0, 0.1) is 0 Å². The van der Waals surface area contributed by atoms with Gasteiger partial charge in [-0.1, -0.05) is 24.3 Å². The fraction of sp³-hybridized carbons (Fsp3) is 0.409. The summed E-state index contributed by atoms with van der Waals surface area (Å²) in [7, 11) is -3.15. The zero-order valence-corrected chi connectivity index (χ0v) is 17.6. The minimum Gasteiger partial charge on any atom is -0.494 e. The molecule has 0 radical (unpaired) electrons. The Balaban J connectivity index is 1.55. The summed E-state index contributed by atoms with van der Waals surface area (Å²) in [6, 6.07) is 14.3. The lowest BCUT2D eigenvalue weighted by Gasteiger charge is -2.34. The van der Waals surface area contributed by atoms with E-state index in [0.29, 0.717) is 31.1 Å². The van der Waals surface area contributed by atoms with Gasteiger partial charge in [-0.15, -0.1) is 0 Å². The molecule has 7 nitrogen and oxygen atoms in total. The maximum absolute atomic E-state index is 13.4. The molecule has 0 aromatic heterocycles. The van der Waals surface area contributed by atoms with Crippen LogP contribution in [0.1, 0.15) is 18.9 Å². The summed E-state index contributed by atoms with van der Waals surface area (Å²) in [4.78, 5) is 15.0. The molecular weight excluding hydrogens is 406 g/mol. The Hall–Kier alpha value is -2.74. The van der Waals surface area contributed by atoms with Crippen LogP contribution in [0.5, 0.6) is 17.2 Å². The third-order valence-electron chi connectivity index (χ3n) is 5.30. The van der Waals surface area contributed by atoms with Crippen LogP contribution in [0.25, 0.3) is 0 Å². The molecule has 2 atom stereocenters. The molecule has 160 valence electrons. The topological polar surface area (TPSA) is 82.1 Å². The van der Waals surface area contributed by atoms with E-state index >= 15 is 0 Å². The standard InChI is InChI=1S/C22H25NO6S/c1-2-27-18-9-7-16(8-10-18)13-23(17-11-12-30(25,26)15-17)22(24)21-14-28-19-5-3-4-6-20(19)29-21/h3-10,17,21H,2,11-15H2,1H3. The van der Waals surface area contributed by atoms with E-state index in [9.17, 15) is 13.2 Å². The summed E-state index contributed by atoms with van der Waals surface area (Å²) in [5.41, 5.74) is 0.897. The van der Waals surface area contributed by atoms with Crippen molar-refractivity contribution in [3.63, 3.8) is 0 Å². The molecule has 2 aromatic rings. The lowest BCUT2D eigenvalue weighted by Crippen LogP contribution is -2.50. The molecule has 2 unspecified atom stereocenters. The van der Waals surface area contributed by atoms with Crippen molar-refractivity contribution in [3.05, 3.63) is 54.1 Å². The molecule has 2 aliphatic heterocycles. The summed E-state index contributed by atoms with van der Waals surface area (Å²) in [5.74, 6) is 1.67. The first kappa shape index (κ1) is 20.5. The molecule has 0 aliphatic carbocycles. The monoisotopic (exact) mass is 431 g/mol. The summed E-state index contributed by atoms with van der Waals surface area (Å²) in [6.45, 7) is 2.88. The Morgan fingerprint density at radius 2 is 1.87 bits per heavy atom. The molecule has 30 heavy (non-hydrogen) atoms. The first-order valence-electron chi connectivity index (χ1n) is 10.1. The SMILES string of the molecule is CCOc1ccc(CN(C(=O)C2COc3ccccc3O2)C2CCS(=O)(=O)C2)cc1. The Labute approximate surface area is 176 Å². The number of fused-ring (bicyclic) bond motifs is 1. The molecule has 2 aromatic carbocycles. The molecule has 0 bridgehead atoms. The van der Waals surface area contributed by atoms with E-state index in [4.69, 9.17) is 14.2 Å². The van der Waals surface area contributed by atoms with Gasteiger partial charge in [0.05, 0.1) is 18.1 Å². The number of rotatable bonds is 6. The quantitative estimate of drug-likeness (QED) is 0.699. The number of hydrogen-bond acceptors (Lipinski definition) is 6. The predicted octanol–water partition coefficient (Wildman–Crippen LogP) is 2.44. The van der Waals surface area contributed by atoms with Crippen molar-refractivity contribution in [2.45, 2.75) is 32.0 Å². The number of nitrogens with zero attached hydrogens (tertiary/aromatic N) is 1. The lowest BCUT2D eigenvalue weighted by molar-refractivity contribution is -0.143. The van der Waals surface area contributed by atoms with Gasteiger partial charge in [-0.05, 0) is 43.2 Å². The molecule has 4 rings (SSSR count). The van der Waals surface area contributed by atoms with Crippen molar-refractivity contribution in [2.24, 2.45) is 0 Å². The van der Waals surface area contributed by atoms with E-state index in [2.05, 4.69) is 0 Å². The Kier molecular flexibility index (Phi) is 5.85. The van der Waals surface area contributed by atoms with Crippen molar-refractivity contribution in [1.29, 1.82) is 0 Å². The van der Waals surface area contributed by atoms with Crippen LogP contribution in [-0.4, -0.2) is 56.1 Å². The van der Waals surface area contributed by atoms with E-state index < -0.39 is 15.9 Å². The van der Waals surface area contributed by atoms with E-state index in [-0.39, 0.29) is 30.1 Å². The number of benzene rings is 2. The second kappa shape index (κ2) is 8.55. The molecule has 2 heterocycles. The van der Waals surface area contributed by atoms with Gasteiger partial charge >= 0.3 is 0 Å². The first-order chi connectivity index (χ1) is 14.4. The molecule has 0 saturated carbocycles. The van der Waals surface area contributed by atoms with Crippen LogP contribution in [-0.2, 0) is 21.2 Å². The first-order valence-corrected chi connectivity index (χ1v) is 11.9. The third-order valence-corrected chi connectivity index (χ3v) is 7.05. The molecule has 8 heteroatoms. The number of para-hydroxylation sites is 2. The van der Waals surface area contributed by atoms with Crippen LogP contribution >= 0.6 is 0 Å². The van der Waals surface area contributed by atoms with Crippen LogP contribution < -0.4 is 14.2 Å². The Bertz CT molecular complexity index is 1000. The molecule has 0 N–H and O–H groups in total. The van der Waals surface area contributed by atoms with E-state index in [1.165, 1.54) is 0 Å². The average Bonchev–Trinajstić information content (AvgIpc) is 3.12.